The van der Waals surface area contributed by atoms with Crippen molar-refractivity contribution < 1.29 is 9.72 Å². The van der Waals surface area contributed by atoms with Crippen LogP contribution in [0.2, 0.25) is 0 Å². The van der Waals surface area contributed by atoms with Gasteiger partial charge in [0.15, 0.2) is 0 Å². The lowest BCUT2D eigenvalue weighted by atomic mass is 10.1. The smallest absolute Gasteiger partial charge is 0.269 e. The van der Waals surface area contributed by atoms with Crippen molar-refractivity contribution in [3.8, 4) is 0 Å². The van der Waals surface area contributed by atoms with E-state index >= 15 is 0 Å². The third-order valence-electron chi connectivity index (χ3n) is 1.85. The first kappa shape index (κ1) is 11.4. The van der Waals surface area contributed by atoms with Gasteiger partial charge in [-0.3, -0.25) is 14.9 Å². The van der Waals surface area contributed by atoms with Crippen molar-refractivity contribution >= 4 is 28.6 Å². The standard InChI is InChI=1S/C10H8ClNO3/c1-7(6-13)10(11)8-2-4-9(5-3-8)12(14)15/h2-6H,1H3. The molecule has 0 atom stereocenters. The first-order chi connectivity index (χ1) is 7.06. The predicted molar refractivity (Wildman–Crippen MR) is 57.6 cm³/mol. The molecule has 0 saturated heterocycles. The molecule has 1 rings (SSSR count). The monoisotopic (exact) mass is 225 g/mol. The van der Waals surface area contributed by atoms with E-state index in [1.807, 2.05) is 0 Å². The first-order valence-electron chi connectivity index (χ1n) is 4.12. The quantitative estimate of drug-likeness (QED) is 0.344. The lowest BCUT2D eigenvalue weighted by Gasteiger charge is -2.00. The molecule has 1 aromatic rings. The van der Waals surface area contributed by atoms with Gasteiger partial charge in [-0.1, -0.05) is 11.6 Å². The zero-order chi connectivity index (χ0) is 11.4. The summed E-state index contributed by atoms with van der Waals surface area (Å²) in [5.41, 5.74) is 0.976. The number of rotatable bonds is 3. The van der Waals surface area contributed by atoms with Gasteiger partial charge in [0, 0.05) is 17.7 Å². The summed E-state index contributed by atoms with van der Waals surface area (Å²) in [6.45, 7) is 1.58. The van der Waals surface area contributed by atoms with Gasteiger partial charge in [-0.2, -0.15) is 0 Å². The number of carbonyl (C=O) groups excluding carboxylic acids is 1. The fraction of sp³-hybridized carbons (Fsp3) is 0.100. The molecule has 0 aliphatic rings. The molecule has 78 valence electrons. The van der Waals surface area contributed by atoms with E-state index in [4.69, 9.17) is 11.6 Å². The topological polar surface area (TPSA) is 60.2 Å². The molecule has 0 amide bonds. The second kappa shape index (κ2) is 4.70. The molecule has 0 unspecified atom stereocenters. The minimum Gasteiger partial charge on any atom is -0.298 e. The van der Waals surface area contributed by atoms with E-state index in [0.29, 0.717) is 22.5 Å². The van der Waals surface area contributed by atoms with E-state index < -0.39 is 4.92 Å². The Hall–Kier alpha value is -1.68. The second-order valence-corrected chi connectivity index (χ2v) is 3.30. The summed E-state index contributed by atoms with van der Waals surface area (Å²) in [5, 5.41) is 10.7. The normalized spacial score (nSPS) is 11.9. The maximum absolute atomic E-state index is 10.4. The molecule has 0 heterocycles. The zero-order valence-corrected chi connectivity index (χ0v) is 8.69. The van der Waals surface area contributed by atoms with E-state index in [-0.39, 0.29) is 5.69 Å². The van der Waals surface area contributed by atoms with Crippen LogP contribution < -0.4 is 0 Å². The number of allylic oxidation sites excluding steroid dienone is 1. The van der Waals surface area contributed by atoms with Crippen LogP contribution in [-0.2, 0) is 4.79 Å². The van der Waals surface area contributed by atoms with Gasteiger partial charge in [-0.25, -0.2) is 0 Å². The Morgan fingerprint density at radius 2 is 1.93 bits per heavy atom. The maximum Gasteiger partial charge on any atom is 0.269 e. The van der Waals surface area contributed by atoms with Gasteiger partial charge in [-0.05, 0) is 24.6 Å². The van der Waals surface area contributed by atoms with Crippen LogP contribution in [0.25, 0.3) is 5.03 Å². The van der Waals surface area contributed by atoms with E-state index in [0.717, 1.165) is 0 Å². The number of nitro benzene ring substituents is 1. The number of aldehydes is 1. The third-order valence-corrected chi connectivity index (χ3v) is 2.37. The average Bonchev–Trinajstić information content (AvgIpc) is 2.27. The van der Waals surface area contributed by atoms with E-state index in [1.165, 1.54) is 24.3 Å². The molecule has 15 heavy (non-hydrogen) atoms. The lowest BCUT2D eigenvalue weighted by Crippen LogP contribution is -1.89. The van der Waals surface area contributed by atoms with Crippen molar-refractivity contribution in [1.82, 2.24) is 0 Å². The lowest BCUT2D eigenvalue weighted by molar-refractivity contribution is -0.384. The van der Waals surface area contributed by atoms with Gasteiger partial charge >= 0.3 is 0 Å². The number of benzene rings is 1. The summed E-state index contributed by atoms with van der Waals surface area (Å²) in [6.07, 6.45) is 0.643. The summed E-state index contributed by atoms with van der Waals surface area (Å²) in [7, 11) is 0. The van der Waals surface area contributed by atoms with Crippen molar-refractivity contribution in [3.05, 3.63) is 45.5 Å². The van der Waals surface area contributed by atoms with Crippen LogP contribution in [0.1, 0.15) is 12.5 Å². The summed E-state index contributed by atoms with van der Waals surface area (Å²) in [5.74, 6) is 0. The molecule has 0 aliphatic carbocycles. The minimum absolute atomic E-state index is 0.00743. The molecule has 0 N–H and O–H groups in total. The largest absolute Gasteiger partial charge is 0.298 e. The highest BCUT2D eigenvalue weighted by Crippen LogP contribution is 2.24. The van der Waals surface area contributed by atoms with Crippen LogP contribution in [-0.4, -0.2) is 11.2 Å². The van der Waals surface area contributed by atoms with Gasteiger partial charge in [0.25, 0.3) is 5.69 Å². The molecule has 4 nitrogen and oxygen atoms in total. The Bertz CT molecular complexity index is 423. The minimum atomic E-state index is -0.492. The Kier molecular flexibility index (Phi) is 3.57. The highest BCUT2D eigenvalue weighted by molar-refractivity contribution is 6.50. The first-order valence-corrected chi connectivity index (χ1v) is 4.50. The van der Waals surface area contributed by atoms with Crippen LogP contribution in [0, 0.1) is 10.1 Å². The van der Waals surface area contributed by atoms with Crippen molar-refractivity contribution in [3.63, 3.8) is 0 Å². The molecule has 1 aromatic carbocycles. The van der Waals surface area contributed by atoms with Crippen LogP contribution in [0.5, 0.6) is 0 Å². The molecular weight excluding hydrogens is 218 g/mol. The van der Waals surface area contributed by atoms with Crippen molar-refractivity contribution in [2.24, 2.45) is 0 Å². The van der Waals surface area contributed by atoms with Crippen molar-refractivity contribution in [2.45, 2.75) is 6.92 Å². The number of nitro groups is 1. The average molecular weight is 226 g/mol. The van der Waals surface area contributed by atoms with Gasteiger partial charge in [-0.15, -0.1) is 0 Å². The molecule has 5 heteroatoms. The Morgan fingerprint density at radius 3 is 2.33 bits per heavy atom. The number of nitrogens with zero attached hydrogens (tertiary/aromatic N) is 1. The van der Waals surface area contributed by atoms with Gasteiger partial charge in [0.05, 0.1) is 9.96 Å². The Morgan fingerprint density at radius 1 is 1.40 bits per heavy atom. The molecule has 0 saturated carbocycles. The summed E-state index contributed by atoms with van der Waals surface area (Å²) < 4.78 is 0. The van der Waals surface area contributed by atoms with E-state index in [2.05, 4.69) is 0 Å². The van der Waals surface area contributed by atoms with Crippen LogP contribution in [0.15, 0.2) is 29.8 Å². The molecule has 0 aliphatic heterocycles. The molecular formula is C10H8ClNO3. The summed E-state index contributed by atoms with van der Waals surface area (Å²) >= 11 is 5.87. The Labute approximate surface area is 91.3 Å². The van der Waals surface area contributed by atoms with Crippen molar-refractivity contribution in [1.29, 1.82) is 0 Å². The van der Waals surface area contributed by atoms with Crippen LogP contribution >= 0.6 is 11.6 Å². The van der Waals surface area contributed by atoms with E-state index in [1.54, 1.807) is 6.92 Å². The molecule has 0 bridgehead atoms. The Balaban J connectivity index is 3.09. The fourth-order valence-corrected chi connectivity index (χ4v) is 1.18. The van der Waals surface area contributed by atoms with E-state index in [9.17, 15) is 14.9 Å². The molecule has 0 radical (unpaired) electrons. The maximum atomic E-state index is 10.4. The number of carbonyl (C=O) groups is 1. The highest BCUT2D eigenvalue weighted by atomic mass is 35.5. The predicted octanol–water partition coefficient (Wildman–Crippen LogP) is 2.76. The molecule has 0 spiro atoms. The summed E-state index contributed by atoms with van der Waals surface area (Å²) in [4.78, 5) is 20.3. The second-order valence-electron chi connectivity index (χ2n) is 2.92. The van der Waals surface area contributed by atoms with Crippen molar-refractivity contribution in [2.75, 3.05) is 0 Å². The number of hydrogen-bond donors (Lipinski definition) is 0. The third kappa shape index (κ3) is 2.63. The number of halogens is 1. The fourth-order valence-electron chi connectivity index (χ4n) is 1.01. The van der Waals surface area contributed by atoms with Gasteiger partial charge in [0.2, 0.25) is 0 Å². The molecule has 0 fully saturated rings. The number of hydrogen-bond acceptors (Lipinski definition) is 3. The van der Waals surface area contributed by atoms with Crippen LogP contribution in [0.3, 0.4) is 0 Å². The highest BCUT2D eigenvalue weighted by Gasteiger charge is 2.07. The number of non-ortho nitro benzene ring substituents is 1. The van der Waals surface area contributed by atoms with Crippen LogP contribution in [0.4, 0.5) is 5.69 Å². The van der Waals surface area contributed by atoms with Gasteiger partial charge < -0.3 is 0 Å². The summed E-state index contributed by atoms with van der Waals surface area (Å²) in [6, 6.07) is 5.70. The SMILES string of the molecule is CC(C=O)=C(Cl)c1ccc([N+](=O)[O-])cc1. The zero-order valence-electron chi connectivity index (χ0n) is 7.94. The molecule has 0 aromatic heterocycles. The van der Waals surface area contributed by atoms with Gasteiger partial charge in [0.1, 0.15) is 6.29 Å².